The third-order valence-electron chi connectivity index (χ3n) is 2.43. The van der Waals surface area contributed by atoms with Crippen LogP contribution in [-0.4, -0.2) is 29.5 Å². The van der Waals surface area contributed by atoms with Gasteiger partial charge >= 0.3 is 12.1 Å². The van der Waals surface area contributed by atoms with Gasteiger partial charge in [0.1, 0.15) is 3.92 Å². The standard InChI is InChI=1S/C12H10BrF3INO3/c1-21-11(20)9(17)5-18-10(19)7-3-2-6(13)4-8(7)12(14,15)16/h2-4,9H,5H2,1H3,(H,18,19). The summed E-state index contributed by atoms with van der Waals surface area (Å²) in [7, 11) is 1.19. The number of carbonyl (C=O) groups excluding carboxylic acids is 2. The van der Waals surface area contributed by atoms with Gasteiger partial charge in [-0.15, -0.1) is 0 Å². The fourth-order valence-corrected chi connectivity index (χ4v) is 2.27. The van der Waals surface area contributed by atoms with Crippen molar-refractivity contribution >= 4 is 50.4 Å². The molecule has 1 atom stereocenters. The highest BCUT2D eigenvalue weighted by atomic mass is 127. The second kappa shape index (κ2) is 7.43. The summed E-state index contributed by atoms with van der Waals surface area (Å²) in [6.07, 6.45) is -4.65. The number of hydrogen-bond acceptors (Lipinski definition) is 3. The Bertz CT molecular complexity index is 551. The van der Waals surface area contributed by atoms with E-state index in [1.165, 1.54) is 13.2 Å². The first-order valence-corrected chi connectivity index (χ1v) is 7.57. The number of esters is 1. The average Bonchev–Trinajstić information content (AvgIpc) is 2.42. The van der Waals surface area contributed by atoms with Gasteiger partial charge in [0, 0.05) is 11.0 Å². The van der Waals surface area contributed by atoms with Gasteiger partial charge in [-0.25, -0.2) is 0 Å². The van der Waals surface area contributed by atoms with Gasteiger partial charge in [0.05, 0.1) is 18.2 Å². The zero-order chi connectivity index (χ0) is 16.2. The SMILES string of the molecule is COC(=O)C(I)CNC(=O)c1ccc(Br)cc1C(F)(F)F. The van der Waals surface area contributed by atoms with E-state index in [2.05, 4.69) is 26.0 Å². The van der Waals surface area contributed by atoms with Crippen LogP contribution in [0.4, 0.5) is 13.2 Å². The van der Waals surface area contributed by atoms with E-state index in [9.17, 15) is 22.8 Å². The van der Waals surface area contributed by atoms with Crippen LogP contribution < -0.4 is 5.32 Å². The number of hydrogen-bond donors (Lipinski definition) is 1. The van der Waals surface area contributed by atoms with E-state index < -0.39 is 33.1 Å². The molecule has 0 aliphatic carbocycles. The first-order valence-electron chi connectivity index (χ1n) is 5.53. The molecule has 0 aliphatic rings. The van der Waals surface area contributed by atoms with Crippen molar-refractivity contribution in [2.75, 3.05) is 13.7 Å². The van der Waals surface area contributed by atoms with E-state index in [0.29, 0.717) is 0 Å². The molecule has 0 aliphatic heterocycles. The molecule has 0 saturated carbocycles. The lowest BCUT2D eigenvalue weighted by atomic mass is 10.1. The zero-order valence-electron chi connectivity index (χ0n) is 10.6. The van der Waals surface area contributed by atoms with Crippen LogP contribution in [0.1, 0.15) is 15.9 Å². The quantitative estimate of drug-likeness (QED) is 0.410. The van der Waals surface area contributed by atoms with Gasteiger partial charge in [-0.2, -0.15) is 13.2 Å². The Morgan fingerprint density at radius 2 is 2.05 bits per heavy atom. The van der Waals surface area contributed by atoms with Crippen LogP contribution >= 0.6 is 38.5 Å². The third kappa shape index (κ3) is 5.13. The molecule has 0 fully saturated rings. The molecule has 116 valence electrons. The number of amides is 1. The number of benzene rings is 1. The predicted molar refractivity (Wildman–Crippen MR) is 81.3 cm³/mol. The minimum atomic E-state index is -4.65. The predicted octanol–water partition coefficient (Wildman–Crippen LogP) is 3.17. The Morgan fingerprint density at radius 3 is 2.57 bits per heavy atom. The summed E-state index contributed by atoms with van der Waals surface area (Å²) in [5.74, 6) is -1.47. The van der Waals surface area contributed by atoms with Crippen LogP contribution in [-0.2, 0) is 15.7 Å². The number of methoxy groups -OCH3 is 1. The van der Waals surface area contributed by atoms with Crippen LogP contribution in [0.5, 0.6) is 0 Å². The number of nitrogens with one attached hydrogen (secondary N) is 1. The highest BCUT2D eigenvalue weighted by molar-refractivity contribution is 14.1. The lowest BCUT2D eigenvalue weighted by molar-refractivity contribution is -0.139. The number of carbonyl (C=O) groups is 2. The van der Waals surface area contributed by atoms with Gasteiger partial charge in [0.15, 0.2) is 0 Å². The summed E-state index contributed by atoms with van der Waals surface area (Å²) in [5.41, 5.74) is -1.54. The molecule has 0 heterocycles. The average molecular weight is 480 g/mol. The van der Waals surface area contributed by atoms with E-state index in [1.807, 2.05) is 0 Å². The third-order valence-corrected chi connectivity index (χ3v) is 3.87. The van der Waals surface area contributed by atoms with Gasteiger partial charge in [0.2, 0.25) is 0 Å². The summed E-state index contributed by atoms with van der Waals surface area (Å²) in [4.78, 5) is 23.0. The zero-order valence-corrected chi connectivity index (χ0v) is 14.4. The van der Waals surface area contributed by atoms with Crippen molar-refractivity contribution in [1.29, 1.82) is 0 Å². The molecule has 0 radical (unpaired) electrons. The van der Waals surface area contributed by atoms with Crippen molar-refractivity contribution in [1.82, 2.24) is 5.32 Å². The van der Waals surface area contributed by atoms with Crippen molar-refractivity contribution < 1.29 is 27.5 Å². The molecule has 0 spiro atoms. The molecule has 0 saturated heterocycles. The lowest BCUT2D eigenvalue weighted by Gasteiger charge is -2.14. The Kier molecular flexibility index (Phi) is 6.44. The van der Waals surface area contributed by atoms with Gasteiger partial charge in [-0.3, -0.25) is 9.59 Å². The Morgan fingerprint density at radius 1 is 1.43 bits per heavy atom. The first-order chi connectivity index (χ1) is 9.66. The van der Waals surface area contributed by atoms with Gasteiger partial charge in [-0.05, 0) is 18.2 Å². The second-order valence-corrected chi connectivity index (χ2v) is 6.31. The summed E-state index contributed by atoms with van der Waals surface area (Å²) in [5, 5.41) is 2.28. The molecule has 1 amide bonds. The summed E-state index contributed by atoms with van der Waals surface area (Å²) in [6, 6.07) is 3.24. The van der Waals surface area contributed by atoms with Gasteiger partial charge in [0.25, 0.3) is 5.91 Å². The number of halogens is 5. The largest absolute Gasteiger partial charge is 0.468 e. The van der Waals surface area contributed by atoms with E-state index in [4.69, 9.17) is 0 Å². The molecule has 9 heteroatoms. The van der Waals surface area contributed by atoms with Crippen LogP contribution in [0.3, 0.4) is 0 Å². The molecule has 1 unspecified atom stereocenters. The monoisotopic (exact) mass is 479 g/mol. The van der Waals surface area contributed by atoms with Gasteiger partial charge in [-0.1, -0.05) is 38.5 Å². The molecule has 1 rings (SSSR count). The second-order valence-electron chi connectivity index (χ2n) is 3.89. The van der Waals surface area contributed by atoms with Crippen LogP contribution in [0.2, 0.25) is 0 Å². The molecule has 1 aromatic carbocycles. The molecular formula is C12H10BrF3INO3. The Balaban J connectivity index is 2.91. The maximum atomic E-state index is 12.9. The van der Waals surface area contributed by atoms with Crippen molar-refractivity contribution in [2.24, 2.45) is 0 Å². The fourth-order valence-electron chi connectivity index (χ4n) is 1.44. The van der Waals surface area contributed by atoms with Crippen molar-refractivity contribution in [3.63, 3.8) is 0 Å². The van der Waals surface area contributed by atoms with Crippen molar-refractivity contribution in [3.8, 4) is 0 Å². The highest BCUT2D eigenvalue weighted by Crippen LogP contribution is 2.33. The first kappa shape index (κ1) is 18.2. The molecule has 21 heavy (non-hydrogen) atoms. The van der Waals surface area contributed by atoms with E-state index in [-0.39, 0.29) is 11.0 Å². The fraction of sp³-hybridized carbons (Fsp3) is 0.333. The molecule has 1 aromatic rings. The minimum Gasteiger partial charge on any atom is -0.468 e. The molecule has 0 aromatic heterocycles. The van der Waals surface area contributed by atoms with Crippen molar-refractivity contribution in [2.45, 2.75) is 10.1 Å². The smallest absolute Gasteiger partial charge is 0.417 e. The molecule has 0 bridgehead atoms. The van der Waals surface area contributed by atoms with E-state index in [1.54, 1.807) is 22.6 Å². The van der Waals surface area contributed by atoms with Crippen LogP contribution in [0.25, 0.3) is 0 Å². The Hall–Kier alpha value is -0.840. The number of ether oxygens (including phenoxy) is 1. The number of alkyl halides is 4. The maximum Gasteiger partial charge on any atom is 0.417 e. The lowest BCUT2D eigenvalue weighted by Crippen LogP contribution is -2.34. The van der Waals surface area contributed by atoms with Crippen LogP contribution in [0.15, 0.2) is 22.7 Å². The summed E-state index contributed by atoms with van der Waals surface area (Å²) < 4.78 is 42.7. The summed E-state index contributed by atoms with van der Waals surface area (Å²) >= 11 is 4.67. The normalized spacial score (nSPS) is 12.7. The summed E-state index contributed by atoms with van der Waals surface area (Å²) in [6.45, 7) is -0.126. The molecule has 1 N–H and O–H groups in total. The van der Waals surface area contributed by atoms with Gasteiger partial charge < -0.3 is 10.1 Å². The minimum absolute atomic E-state index is 0.126. The molecule has 4 nitrogen and oxygen atoms in total. The highest BCUT2D eigenvalue weighted by Gasteiger charge is 2.35. The van der Waals surface area contributed by atoms with E-state index >= 15 is 0 Å². The number of rotatable bonds is 4. The molecular weight excluding hydrogens is 470 g/mol. The van der Waals surface area contributed by atoms with E-state index in [0.717, 1.165) is 12.1 Å². The maximum absolute atomic E-state index is 12.9. The van der Waals surface area contributed by atoms with Crippen molar-refractivity contribution in [3.05, 3.63) is 33.8 Å². The Labute approximate surface area is 140 Å². The topological polar surface area (TPSA) is 55.4 Å². The van der Waals surface area contributed by atoms with Crippen LogP contribution in [0, 0.1) is 0 Å².